The topological polar surface area (TPSA) is 52.3 Å². The van der Waals surface area contributed by atoms with E-state index in [0.717, 1.165) is 31.2 Å². The van der Waals surface area contributed by atoms with E-state index in [0.29, 0.717) is 13.2 Å². The summed E-state index contributed by atoms with van der Waals surface area (Å²) >= 11 is 0. The maximum atomic E-state index is 12.1. The molecule has 0 saturated carbocycles. The van der Waals surface area contributed by atoms with Gasteiger partial charge in [-0.3, -0.25) is 4.79 Å². The van der Waals surface area contributed by atoms with Gasteiger partial charge in [0.05, 0.1) is 0 Å². The van der Waals surface area contributed by atoms with E-state index in [9.17, 15) is 4.79 Å². The molecule has 0 aliphatic heterocycles. The van der Waals surface area contributed by atoms with Crippen LogP contribution in [0.2, 0.25) is 0 Å². The monoisotopic (exact) mass is 339 g/mol. The zero-order valence-electron chi connectivity index (χ0n) is 15.1. The molecular formula is C22H29NO2. The first-order valence-corrected chi connectivity index (χ1v) is 9.11. The van der Waals surface area contributed by atoms with Crippen molar-refractivity contribution in [3.8, 4) is 0 Å². The van der Waals surface area contributed by atoms with Crippen molar-refractivity contribution in [1.29, 1.82) is 0 Å². The Bertz CT molecular complexity index is 622. The number of benzene rings is 2. The number of carbonyl (C=O) groups is 1. The van der Waals surface area contributed by atoms with Crippen LogP contribution < -0.4 is 5.73 Å². The van der Waals surface area contributed by atoms with Gasteiger partial charge in [-0.1, -0.05) is 61.5 Å². The summed E-state index contributed by atoms with van der Waals surface area (Å²) in [6.45, 7) is 3.42. The highest BCUT2D eigenvalue weighted by molar-refractivity contribution is 5.81. The molecule has 0 radical (unpaired) electrons. The Morgan fingerprint density at radius 2 is 1.60 bits per heavy atom. The summed E-state index contributed by atoms with van der Waals surface area (Å²) in [4.78, 5) is 12.1. The number of hydrogen-bond acceptors (Lipinski definition) is 3. The van der Waals surface area contributed by atoms with Crippen LogP contribution in [0.15, 0.2) is 54.6 Å². The van der Waals surface area contributed by atoms with Gasteiger partial charge in [-0.15, -0.1) is 0 Å². The van der Waals surface area contributed by atoms with E-state index in [1.807, 2.05) is 25.1 Å². The number of Topliss-reactive ketones (excluding diaryl/α,β-unsaturated/α-hetero) is 1. The number of hydrogen-bond donors (Lipinski definition) is 1. The Labute approximate surface area is 151 Å². The zero-order chi connectivity index (χ0) is 17.9. The van der Waals surface area contributed by atoms with Crippen molar-refractivity contribution in [2.75, 3.05) is 13.2 Å². The van der Waals surface area contributed by atoms with Gasteiger partial charge in [0, 0.05) is 19.1 Å². The third-order valence-electron chi connectivity index (χ3n) is 4.52. The Morgan fingerprint density at radius 1 is 0.960 bits per heavy atom. The van der Waals surface area contributed by atoms with Gasteiger partial charge in [-0.05, 0) is 42.4 Å². The summed E-state index contributed by atoms with van der Waals surface area (Å²) < 4.78 is 5.57. The maximum Gasteiger partial charge on any atom is 0.161 e. The first kappa shape index (κ1) is 19.4. The minimum atomic E-state index is 0.0454. The van der Waals surface area contributed by atoms with E-state index in [1.54, 1.807) is 0 Å². The normalized spacial score (nSPS) is 12.1. The molecule has 0 aromatic heterocycles. The molecule has 2 rings (SSSR count). The van der Waals surface area contributed by atoms with E-state index in [4.69, 9.17) is 10.5 Å². The smallest absolute Gasteiger partial charge is 0.161 e. The Hall–Kier alpha value is -1.97. The lowest BCUT2D eigenvalue weighted by Gasteiger charge is -2.11. The van der Waals surface area contributed by atoms with Crippen molar-refractivity contribution in [3.05, 3.63) is 71.3 Å². The fraction of sp³-hybridized carbons (Fsp3) is 0.409. The zero-order valence-corrected chi connectivity index (χ0v) is 15.1. The van der Waals surface area contributed by atoms with Gasteiger partial charge in [-0.2, -0.15) is 0 Å². The summed E-state index contributed by atoms with van der Waals surface area (Å²) in [6.07, 6.45) is 3.70. The van der Waals surface area contributed by atoms with Crippen LogP contribution in [-0.2, 0) is 28.9 Å². The molecule has 0 bridgehead atoms. The molecule has 0 spiro atoms. The second-order valence-corrected chi connectivity index (χ2v) is 6.57. The van der Waals surface area contributed by atoms with Gasteiger partial charge in [0.15, 0.2) is 5.78 Å². The first-order valence-electron chi connectivity index (χ1n) is 9.11. The van der Waals surface area contributed by atoms with Crippen LogP contribution >= 0.6 is 0 Å². The average molecular weight is 339 g/mol. The molecule has 3 heteroatoms. The highest BCUT2D eigenvalue weighted by Gasteiger charge is 2.12. The molecule has 2 aromatic rings. The van der Waals surface area contributed by atoms with Crippen molar-refractivity contribution >= 4 is 5.78 Å². The lowest BCUT2D eigenvalue weighted by atomic mass is 9.98. The highest BCUT2D eigenvalue weighted by Crippen LogP contribution is 2.11. The van der Waals surface area contributed by atoms with Crippen LogP contribution in [-0.4, -0.2) is 19.0 Å². The van der Waals surface area contributed by atoms with Crippen molar-refractivity contribution in [2.24, 2.45) is 11.7 Å². The molecule has 0 saturated heterocycles. The van der Waals surface area contributed by atoms with E-state index in [2.05, 4.69) is 36.4 Å². The molecule has 0 heterocycles. The van der Waals surface area contributed by atoms with Crippen LogP contribution in [0.25, 0.3) is 0 Å². The first-order chi connectivity index (χ1) is 12.2. The number of ether oxygens (including phenoxy) is 1. The fourth-order valence-corrected chi connectivity index (χ4v) is 2.72. The minimum absolute atomic E-state index is 0.0454. The lowest BCUT2D eigenvalue weighted by molar-refractivity contribution is -0.127. The van der Waals surface area contributed by atoms with E-state index in [-0.39, 0.29) is 18.3 Å². The highest BCUT2D eigenvalue weighted by atomic mass is 16.5. The SMILES string of the molecule is C[C@H](CCc1ccccc1)C(=O)COCCCc1ccc(CN)cc1. The quantitative estimate of drug-likeness (QED) is 0.631. The Kier molecular flexibility index (Phi) is 8.36. The van der Waals surface area contributed by atoms with Crippen LogP contribution in [0.1, 0.15) is 36.5 Å². The van der Waals surface area contributed by atoms with Gasteiger partial charge < -0.3 is 10.5 Å². The minimum Gasteiger partial charge on any atom is -0.374 e. The molecule has 0 amide bonds. The predicted octanol–water partition coefficient (Wildman–Crippen LogP) is 3.93. The molecule has 2 aromatic carbocycles. The number of ketones is 1. The van der Waals surface area contributed by atoms with Gasteiger partial charge >= 0.3 is 0 Å². The standard InChI is InChI=1S/C22H29NO2/c1-18(9-10-19-6-3-2-4-7-19)22(24)17-25-15-5-8-20-11-13-21(16-23)14-12-20/h2-4,6-7,11-14,18H,5,8-10,15-17,23H2,1H3/t18-/m1/s1. The van der Waals surface area contributed by atoms with Crippen molar-refractivity contribution in [3.63, 3.8) is 0 Å². The van der Waals surface area contributed by atoms with E-state index < -0.39 is 0 Å². The second kappa shape index (κ2) is 10.8. The third-order valence-corrected chi connectivity index (χ3v) is 4.52. The van der Waals surface area contributed by atoms with Crippen LogP contribution in [0.3, 0.4) is 0 Å². The number of carbonyl (C=O) groups excluding carboxylic acids is 1. The molecule has 0 fully saturated rings. The molecule has 134 valence electrons. The molecule has 3 nitrogen and oxygen atoms in total. The summed E-state index contributed by atoms with van der Waals surface area (Å²) in [7, 11) is 0. The summed E-state index contributed by atoms with van der Waals surface area (Å²) in [5.74, 6) is 0.243. The van der Waals surface area contributed by atoms with E-state index >= 15 is 0 Å². The molecular weight excluding hydrogens is 310 g/mol. The summed E-state index contributed by atoms with van der Waals surface area (Å²) in [5, 5.41) is 0. The summed E-state index contributed by atoms with van der Waals surface area (Å²) in [6, 6.07) is 18.6. The van der Waals surface area contributed by atoms with Gasteiger partial charge in [-0.25, -0.2) is 0 Å². The summed E-state index contributed by atoms with van der Waals surface area (Å²) in [5.41, 5.74) is 9.31. The fourth-order valence-electron chi connectivity index (χ4n) is 2.72. The molecule has 0 aliphatic rings. The Balaban J connectivity index is 1.58. The molecule has 25 heavy (non-hydrogen) atoms. The van der Waals surface area contributed by atoms with Crippen molar-refractivity contribution in [2.45, 2.75) is 39.2 Å². The van der Waals surface area contributed by atoms with Crippen LogP contribution in [0, 0.1) is 5.92 Å². The van der Waals surface area contributed by atoms with Crippen molar-refractivity contribution in [1.82, 2.24) is 0 Å². The lowest BCUT2D eigenvalue weighted by Crippen LogP contribution is -2.18. The average Bonchev–Trinajstić information content (AvgIpc) is 2.67. The van der Waals surface area contributed by atoms with E-state index in [1.165, 1.54) is 11.1 Å². The van der Waals surface area contributed by atoms with Gasteiger partial charge in [0.25, 0.3) is 0 Å². The number of aryl methyl sites for hydroxylation is 2. The number of nitrogens with two attached hydrogens (primary N) is 1. The second-order valence-electron chi connectivity index (χ2n) is 6.57. The van der Waals surface area contributed by atoms with Crippen molar-refractivity contribution < 1.29 is 9.53 Å². The van der Waals surface area contributed by atoms with Crippen LogP contribution in [0.5, 0.6) is 0 Å². The third kappa shape index (κ3) is 7.20. The van der Waals surface area contributed by atoms with Crippen LogP contribution in [0.4, 0.5) is 0 Å². The molecule has 0 unspecified atom stereocenters. The van der Waals surface area contributed by atoms with Gasteiger partial charge in [0.2, 0.25) is 0 Å². The molecule has 0 aliphatic carbocycles. The predicted molar refractivity (Wildman–Crippen MR) is 102 cm³/mol. The Morgan fingerprint density at radius 3 is 2.28 bits per heavy atom. The largest absolute Gasteiger partial charge is 0.374 e. The number of rotatable bonds is 11. The van der Waals surface area contributed by atoms with Gasteiger partial charge in [0.1, 0.15) is 6.61 Å². The molecule has 1 atom stereocenters. The maximum absolute atomic E-state index is 12.1. The molecule has 2 N–H and O–H groups in total.